The first-order chi connectivity index (χ1) is 3.39. The van der Waals surface area contributed by atoms with Crippen LogP contribution in [-0.2, 0) is 29.0 Å². The van der Waals surface area contributed by atoms with Crippen LogP contribution in [0.1, 0.15) is 12.8 Å². The van der Waals surface area contributed by atoms with Gasteiger partial charge in [0.25, 0.3) is 0 Å². The Morgan fingerprint density at radius 2 is 1.86 bits per heavy atom. The molecular formula is C5H8OZr+2. The summed E-state index contributed by atoms with van der Waals surface area (Å²) in [6.45, 7) is 1.95. The van der Waals surface area contributed by atoms with Crippen LogP contribution in [0, 0.1) is 0 Å². The van der Waals surface area contributed by atoms with Crippen molar-refractivity contribution in [2.24, 2.45) is 0 Å². The molecule has 2 heteroatoms. The van der Waals surface area contributed by atoms with E-state index in [1.165, 1.54) is 12.8 Å². The first-order valence-corrected chi connectivity index (χ1v) is 3.76. The van der Waals surface area contributed by atoms with Crippen LogP contribution in [-0.4, -0.2) is 16.4 Å². The molecule has 1 rings (SSSR count). The quantitative estimate of drug-likeness (QED) is 0.521. The topological polar surface area (TPSA) is 9.23 Å². The van der Waals surface area contributed by atoms with Crippen molar-refractivity contribution in [3.63, 3.8) is 0 Å². The number of rotatable bonds is 0. The molecule has 1 heterocycles. The van der Waals surface area contributed by atoms with Gasteiger partial charge in [-0.25, -0.2) is 0 Å². The third-order valence-corrected chi connectivity index (χ3v) is 2.33. The molecule has 36 valence electrons. The van der Waals surface area contributed by atoms with Crippen LogP contribution in [0.3, 0.4) is 0 Å². The second kappa shape index (κ2) is 2.89. The Bertz CT molecular complexity index is 72.1. The van der Waals surface area contributed by atoms with Gasteiger partial charge in [-0.05, 0) is 0 Å². The van der Waals surface area contributed by atoms with Crippen molar-refractivity contribution in [1.82, 2.24) is 0 Å². The first kappa shape index (κ1) is 5.84. The summed E-state index contributed by atoms with van der Waals surface area (Å²) in [4.78, 5) is 0. The molecule has 0 amide bonds. The van der Waals surface area contributed by atoms with E-state index in [-0.39, 0.29) is 0 Å². The number of ether oxygens (including phenoxy) is 1. The fourth-order valence-electron chi connectivity index (χ4n) is 0.618. The Hall–Kier alpha value is 0.713. The Balaban J connectivity index is 2.25. The first-order valence-electron chi connectivity index (χ1n) is 2.53. The van der Waals surface area contributed by atoms with Crippen molar-refractivity contribution in [3.05, 3.63) is 0 Å². The van der Waals surface area contributed by atoms with E-state index in [0.29, 0.717) is 0 Å². The normalized spacial score (nSPS) is 22.9. The van der Waals surface area contributed by atoms with Gasteiger partial charge in [-0.1, -0.05) is 0 Å². The van der Waals surface area contributed by atoms with Gasteiger partial charge >= 0.3 is 58.2 Å². The van der Waals surface area contributed by atoms with Gasteiger partial charge < -0.3 is 0 Å². The van der Waals surface area contributed by atoms with Gasteiger partial charge in [-0.3, -0.25) is 0 Å². The molecule has 0 radical (unpaired) electrons. The van der Waals surface area contributed by atoms with Gasteiger partial charge in [0.15, 0.2) is 0 Å². The van der Waals surface area contributed by atoms with E-state index in [2.05, 4.69) is 0 Å². The fraction of sp³-hybridized carbons (Fsp3) is 0.800. The molecule has 0 atom stereocenters. The van der Waals surface area contributed by atoms with Crippen LogP contribution in [0.4, 0.5) is 0 Å². The predicted octanol–water partition coefficient (Wildman–Crippen LogP) is 0.516. The Labute approximate surface area is 58.4 Å². The van der Waals surface area contributed by atoms with Crippen molar-refractivity contribution in [2.75, 3.05) is 13.2 Å². The second-order valence-electron chi connectivity index (χ2n) is 1.72. The van der Waals surface area contributed by atoms with Gasteiger partial charge in [0.05, 0.1) is 0 Å². The molecule has 0 N–H and O–H groups in total. The van der Waals surface area contributed by atoms with Crippen LogP contribution in [0.5, 0.6) is 0 Å². The molecule has 0 saturated carbocycles. The van der Waals surface area contributed by atoms with Gasteiger partial charge in [-0.2, -0.15) is 0 Å². The van der Waals surface area contributed by atoms with Crippen molar-refractivity contribution in [1.29, 1.82) is 0 Å². The fourth-order valence-corrected chi connectivity index (χ4v) is 1.12. The molecule has 0 aromatic rings. The van der Waals surface area contributed by atoms with Gasteiger partial charge in [0, 0.05) is 0 Å². The van der Waals surface area contributed by atoms with Crippen LogP contribution in [0.2, 0.25) is 0 Å². The molecule has 0 bridgehead atoms. The van der Waals surface area contributed by atoms with Gasteiger partial charge in [0.2, 0.25) is 0 Å². The minimum atomic E-state index is 0.973. The predicted molar refractivity (Wildman–Crippen MR) is 25.1 cm³/mol. The molecule has 1 nitrogen and oxygen atoms in total. The zero-order chi connectivity index (χ0) is 5.11. The molecule has 1 fully saturated rings. The average Bonchev–Trinajstić information content (AvgIpc) is 1.69. The number of hydrogen-bond acceptors (Lipinski definition) is 1. The SMILES string of the molecule is [Zr+2]=[C]1CCOCC1. The molecule has 0 unspecified atom stereocenters. The Kier molecular flexibility index (Phi) is 2.41. The molecule has 0 spiro atoms. The van der Waals surface area contributed by atoms with Crippen molar-refractivity contribution in [3.8, 4) is 0 Å². The monoisotopic (exact) mass is 174 g/mol. The Morgan fingerprint density at radius 1 is 1.29 bits per heavy atom. The third kappa shape index (κ3) is 1.96. The molecule has 0 aromatic carbocycles. The molecule has 1 saturated heterocycles. The summed E-state index contributed by atoms with van der Waals surface area (Å²) >= 11 is 1.61. The standard InChI is InChI=1S/C5H8O.Zr/c1-2-4-6-5-3-1;/h2-5H2;/q;+2. The minimum absolute atomic E-state index is 0.973. The third-order valence-electron chi connectivity index (χ3n) is 1.10. The van der Waals surface area contributed by atoms with E-state index in [0.717, 1.165) is 13.2 Å². The average molecular weight is 175 g/mol. The molecule has 1 aliphatic heterocycles. The van der Waals surface area contributed by atoms with E-state index in [9.17, 15) is 0 Å². The van der Waals surface area contributed by atoms with Crippen LogP contribution >= 0.6 is 0 Å². The van der Waals surface area contributed by atoms with Crippen LogP contribution in [0.15, 0.2) is 0 Å². The molecular weight excluding hydrogens is 167 g/mol. The van der Waals surface area contributed by atoms with E-state index in [4.69, 9.17) is 4.74 Å². The summed E-state index contributed by atoms with van der Waals surface area (Å²) in [5.41, 5.74) is 0. The summed E-state index contributed by atoms with van der Waals surface area (Å²) < 4.78 is 6.81. The van der Waals surface area contributed by atoms with Crippen molar-refractivity contribution >= 4 is 3.21 Å². The maximum absolute atomic E-state index is 5.13. The second-order valence-corrected chi connectivity index (χ2v) is 3.45. The Morgan fingerprint density at radius 3 is 2.14 bits per heavy atom. The zero-order valence-corrected chi connectivity index (χ0v) is 6.69. The summed E-state index contributed by atoms with van der Waals surface area (Å²) in [7, 11) is 0. The molecule has 1 aliphatic rings. The van der Waals surface area contributed by atoms with E-state index in [1.807, 2.05) is 0 Å². The van der Waals surface area contributed by atoms with E-state index in [1.54, 1.807) is 27.4 Å². The molecule has 7 heavy (non-hydrogen) atoms. The summed E-state index contributed by atoms with van der Waals surface area (Å²) in [5, 5.41) is 0. The van der Waals surface area contributed by atoms with Crippen molar-refractivity contribution in [2.45, 2.75) is 12.8 Å². The summed E-state index contributed by atoms with van der Waals surface area (Å²) in [6.07, 6.45) is 2.44. The zero-order valence-electron chi connectivity index (χ0n) is 4.24. The summed E-state index contributed by atoms with van der Waals surface area (Å²) in [5.74, 6) is 0. The molecule has 0 aliphatic carbocycles. The van der Waals surface area contributed by atoms with Crippen LogP contribution in [0.25, 0.3) is 0 Å². The number of hydrogen-bond donors (Lipinski definition) is 0. The van der Waals surface area contributed by atoms with Gasteiger partial charge in [0.1, 0.15) is 0 Å². The molecule has 0 aromatic heterocycles. The maximum atomic E-state index is 5.13. The van der Waals surface area contributed by atoms with E-state index < -0.39 is 0 Å². The van der Waals surface area contributed by atoms with Crippen LogP contribution < -0.4 is 0 Å². The summed E-state index contributed by atoms with van der Waals surface area (Å²) in [6, 6.07) is 0. The van der Waals surface area contributed by atoms with Gasteiger partial charge in [-0.15, -0.1) is 0 Å². The van der Waals surface area contributed by atoms with Crippen molar-refractivity contribution < 1.29 is 29.0 Å². The van der Waals surface area contributed by atoms with E-state index >= 15 is 0 Å².